The van der Waals surface area contributed by atoms with Crippen molar-refractivity contribution in [3.63, 3.8) is 0 Å². The fourth-order valence-corrected chi connectivity index (χ4v) is 5.86. The van der Waals surface area contributed by atoms with Gasteiger partial charge in [-0.25, -0.2) is 10.9 Å². The van der Waals surface area contributed by atoms with Crippen molar-refractivity contribution >= 4 is 55.4 Å². The van der Waals surface area contributed by atoms with E-state index in [0.29, 0.717) is 26.8 Å². The van der Waals surface area contributed by atoms with Gasteiger partial charge in [-0.3, -0.25) is 9.59 Å². The first kappa shape index (κ1) is 20.6. The van der Waals surface area contributed by atoms with Crippen molar-refractivity contribution in [2.45, 2.75) is 37.9 Å². The van der Waals surface area contributed by atoms with Gasteiger partial charge in [0.15, 0.2) is 0 Å². The summed E-state index contributed by atoms with van der Waals surface area (Å²) in [7, 11) is 0. The number of hydrogen-bond donors (Lipinski definition) is 4. The molecule has 4 atom stereocenters. The predicted molar refractivity (Wildman–Crippen MR) is 130 cm³/mol. The number of aromatic nitrogens is 2. The number of rotatable bonds is 1. The molecule has 176 valence electrons. The Kier molecular flexibility index (Phi) is 4.06. The molecule has 1 saturated heterocycles. The molecule has 0 aliphatic carbocycles. The fraction of sp³-hybridized carbons (Fsp3) is 0.231. The van der Waals surface area contributed by atoms with Crippen LogP contribution in [0, 0.1) is 0 Å². The number of carbonyl (C=O) groups is 2. The lowest BCUT2D eigenvalue weighted by Gasteiger charge is -2.36. The van der Waals surface area contributed by atoms with Crippen LogP contribution in [0.25, 0.3) is 43.6 Å². The van der Waals surface area contributed by atoms with Crippen molar-refractivity contribution in [3.8, 4) is 0 Å². The molecule has 0 unspecified atom stereocenters. The number of hydrogen-bond acceptors (Lipinski definition) is 6. The number of aliphatic hydroxyl groups excluding tert-OH is 2. The maximum Gasteiger partial charge on any atom is 0.276 e. The first-order valence-corrected chi connectivity index (χ1v) is 11.5. The molecule has 5 aromatic rings. The zero-order valence-electron chi connectivity index (χ0n) is 18.7. The predicted octanol–water partition coefficient (Wildman–Crippen LogP) is 2.93. The van der Waals surface area contributed by atoms with Crippen LogP contribution in [0.15, 0.2) is 48.5 Å². The number of benzene rings is 3. The number of nitrogens with zero attached hydrogens (tertiary/aromatic N) is 2. The Balaban J connectivity index is 1.72. The van der Waals surface area contributed by atoms with Crippen LogP contribution < -0.4 is 5.84 Å². The van der Waals surface area contributed by atoms with Crippen molar-refractivity contribution in [2.24, 2.45) is 5.84 Å². The van der Waals surface area contributed by atoms with Crippen molar-refractivity contribution in [1.82, 2.24) is 14.6 Å². The Hall–Kier alpha value is -3.76. The molecule has 5 N–H and O–H groups in total. The lowest BCUT2D eigenvalue weighted by molar-refractivity contribution is -0.182. The zero-order valence-corrected chi connectivity index (χ0v) is 18.7. The average molecular weight is 470 g/mol. The average Bonchev–Trinajstić information content (AvgIpc) is 3.47. The van der Waals surface area contributed by atoms with Gasteiger partial charge in [-0.15, -0.1) is 0 Å². The monoisotopic (exact) mass is 470 g/mol. The lowest BCUT2D eigenvalue weighted by atomic mass is 9.96. The summed E-state index contributed by atoms with van der Waals surface area (Å²) >= 11 is 0. The van der Waals surface area contributed by atoms with Gasteiger partial charge in [0.1, 0.15) is 12.3 Å². The summed E-state index contributed by atoms with van der Waals surface area (Å²) in [5, 5.41) is 24.4. The van der Waals surface area contributed by atoms with Crippen LogP contribution in [0.5, 0.6) is 0 Å². The Morgan fingerprint density at radius 2 is 1.63 bits per heavy atom. The van der Waals surface area contributed by atoms with E-state index < -0.39 is 36.4 Å². The van der Waals surface area contributed by atoms with Gasteiger partial charge >= 0.3 is 0 Å². The number of carbonyl (C=O) groups excluding carboxylic acids is 2. The largest absolute Gasteiger partial charge is 0.390 e. The van der Waals surface area contributed by atoms with Gasteiger partial charge in [0.2, 0.25) is 0 Å². The Bertz CT molecular complexity index is 1720. The quantitative estimate of drug-likeness (QED) is 0.169. The second-order valence-electron chi connectivity index (χ2n) is 9.35. The Labute approximate surface area is 198 Å². The maximum absolute atomic E-state index is 13.4. The SMILES string of the molecule is C[C@@H]1O[C@H](n2c3ccccc3c3c4c(c5c6ccccc6[nH]c5c32)C(=O)N(N)C4=O)C[C@H](O)[C@H]1O. The molecular formula is C26H22N4O5. The number of nitrogens with one attached hydrogen (secondary N) is 1. The number of H-pyrrole nitrogens is 1. The minimum atomic E-state index is -0.998. The van der Waals surface area contributed by atoms with Crippen molar-refractivity contribution in [2.75, 3.05) is 0 Å². The molecule has 4 heterocycles. The molecule has 2 aromatic heterocycles. The topological polar surface area (TPSA) is 134 Å². The summed E-state index contributed by atoms with van der Waals surface area (Å²) < 4.78 is 8.16. The van der Waals surface area contributed by atoms with Gasteiger partial charge in [0.25, 0.3) is 11.8 Å². The van der Waals surface area contributed by atoms with Crippen LogP contribution in [0.2, 0.25) is 0 Å². The van der Waals surface area contributed by atoms with Gasteiger partial charge in [0.05, 0.1) is 39.9 Å². The summed E-state index contributed by atoms with van der Waals surface area (Å²) in [4.78, 5) is 30.1. The number of nitrogens with two attached hydrogens (primary N) is 1. The van der Waals surface area contributed by atoms with E-state index in [0.717, 1.165) is 21.8 Å². The molecular weight excluding hydrogens is 448 g/mol. The summed E-state index contributed by atoms with van der Waals surface area (Å²) in [6.45, 7) is 1.72. The first-order chi connectivity index (χ1) is 16.9. The Morgan fingerprint density at radius 3 is 2.37 bits per heavy atom. The minimum Gasteiger partial charge on any atom is -0.390 e. The van der Waals surface area contributed by atoms with Crippen LogP contribution in [0.4, 0.5) is 0 Å². The second-order valence-corrected chi connectivity index (χ2v) is 9.35. The number of aromatic amines is 1. The molecule has 3 aromatic carbocycles. The molecule has 9 heteroatoms. The van der Waals surface area contributed by atoms with Crippen LogP contribution in [0.3, 0.4) is 0 Å². The number of aliphatic hydroxyl groups is 2. The molecule has 2 amide bonds. The highest BCUT2D eigenvalue weighted by Crippen LogP contribution is 2.46. The summed E-state index contributed by atoms with van der Waals surface area (Å²) in [6, 6.07) is 15.2. The van der Waals surface area contributed by atoms with Gasteiger partial charge < -0.3 is 24.5 Å². The third kappa shape index (κ3) is 2.50. The molecule has 2 aliphatic heterocycles. The highest BCUT2D eigenvalue weighted by Gasteiger charge is 2.42. The number of amides is 2. The molecule has 0 saturated carbocycles. The van der Waals surface area contributed by atoms with Gasteiger partial charge in [-0.05, 0) is 19.1 Å². The van der Waals surface area contributed by atoms with E-state index in [9.17, 15) is 19.8 Å². The van der Waals surface area contributed by atoms with Crippen LogP contribution in [0.1, 0.15) is 40.3 Å². The van der Waals surface area contributed by atoms with E-state index in [2.05, 4.69) is 4.98 Å². The molecule has 35 heavy (non-hydrogen) atoms. The number of imide groups is 1. The van der Waals surface area contributed by atoms with Crippen LogP contribution >= 0.6 is 0 Å². The molecule has 2 aliphatic rings. The third-order valence-electron chi connectivity index (χ3n) is 7.45. The van der Waals surface area contributed by atoms with E-state index in [1.54, 1.807) is 6.92 Å². The summed E-state index contributed by atoms with van der Waals surface area (Å²) in [5.74, 6) is 4.84. The maximum atomic E-state index is 13.4. The van der Waals surface area contributed by atoms with Crippen LogP contribution in [-0.4, -0.2) is 54.9 Å². The van der Waals surface area contributed by atoms with Crippen molar-refractivity contribution in [3.05, 3.63) is 59.7 Å². The van der Waals surface area contributed by atoms with Crippen LogP contribution in [-0.2, 0) is 4.74 Å². The zero-order chi connectivity index (χ0) is 24.2. The number of fused-ring (bicyclic) bond motifs is 10. The van der Waals surface area contributed by atoms with Gasteiger partial charge in [-0.2, -0.15) is 0 Å². The summed E-state index contributed by atoms with van der Waals surface area (Å²) in [6.07, 6.45) is -3.03. The van der Waals surface area contributed by atoms with E-state index in [1.807, 2.05) is 53.1 Å². The molecule has 0 spiro atoms. The number of hydrazine groups is 1. The molecule has 0 bridgehead atoms. The molecule has 1 fully saturated rings. The normalized spacial score (nSPS) is 25.0. The van der Waals surface area contributed by atoms with E-state index in [1.165, 1.54) is 0 Å². The first-order valence-electron chi connectivity index (χ1n) is 11.5. The highest BCUT2D eigenvalue weighted by atomic mass is 16.5. The fourth-order valence-electron chi connectivity index (χ4n) is 5.86. The number of para-hydroxylation sites is 2. The van der Waals surface area contributed by atoms with Gasteiger partial charge in [-0.1, -0.05) is 36.4 Å². The highest BCUT2D eigenvalue weighted by molar-refractivity contribution is 6.39. The van der Waals surface area contributed by atoms with Crippen molar-refractivity contribution in [1.29, 1.82) is 0 Å². The second kappa shape index (κ2) is 6.89. The minimum absolute atomic E-state index is 0.161. The number of ether oxygens (including phenoxy) is 1. The molecule has 9 nitrogen and oxygen atoms in total. The smallest absolute Gasteiger partial charge is 0.276 e. The molecule has 0 radical (unpaired) electrons. The van der Waals surface area contributed by atoms with Crippen molar-refractivity contribution < 1.29 is 24.5 Å². The van der Waals surface area contributed by atoms with E-state index in [4.69, 9.17) is 10.6 Å². The lowest BCUT2D eigenvalue weighted by Crippen LogP contribution is -2.45. The standard InChI is InChI=1S/C26H22N4O5/c1-11-24(32)16(31)10-17(35-11)29-15-9-5-3-7-13(15)19-21-20(25(33)30(27)26(21)34)18-12-6-2-4-8-14(12)28-22(18)23(19)29/h2-9,11,16-17,24,28,31-32H,10,27H2,1H3/t11-,16-,17-,24-/m0/s1. The van der Waals surface area contributed by atoms with E-state index in [-0.39, 0.29) is 17.5 Å². The molecule has 7 rings (SSSR count). The Morgan fingerprint density at radius 1 is 0.971 bits per heavy atom. The third-order valence-corrected chi connectivity index (χ3v) is 7.45. The summed E-state index contributed by atoms with van der Waals surface area (Å²) in [5.41, 5.74) is 3.53. The van der Waals surface area contributed by atoms with Gasteiger partial charge in [0, 0.05) is 33.5 Å². The van der Waals surface area contributed by atoms with E-state index >= 15 is 0 Å².